The number of benzene rings is 1. The van der Waals surface area contributed by atoms with Gasteiger partial charge in [0.25, 0.3) is 0 Å². The Bertz CT molecular complexity index is 944. The molecular weight excluding hydrogens is 346 g/mol. The molecule has 6 heteroatoms. The Hall–Kier alpha value is -2.11. The van der Waals surface area contributed by atoms with E-state index in [1.165, 1.54) is 32.1 Å². The first-order valence-corrected chi connectivity index (χ1v) is 9.70. The number of rotatable bonds is 3. The molecule has 1 aromatic carbocycles. The van der Waals surface area contributed by atoms with E-state index in [1.54, 1.807) is 4.09 Å². The van der Waals surface area contributed by atoms with Crippen molar-refractivity contribution in [2.24, 2.45) is 0 Å². The Morgan fingerprint density at radius 1 is 1.19 bits per heavy atom. The summed E-state index contributed by atoms with van der Waals surface area (Å²) in [5.41, 5.74) is 3.15. The zero-order valence-electron chi connectivity index (χ0n) is 14.6. The lowest BCUT2D eigenvalue weighted by Gasteiger charge is -2.52. The number of piperidine rings is 1. The van der Waals surface area contributed by atoms with Crippen LogP contribution >= 0.6 is 11.8 Å². The number of aromatic nitrogens is 3. The van der Waals surface area contributed by atoms with Gasteiger partial charge in [-0.15, -0.1) is 0 Å². The van der Waals surface area contributed by atoms with Gasteiger partial charge in [-0.05, 0) is 44.4 Å². The van der Waals surface area contributed by atoms with E-state index < -0.39 is 0 Å². The average Bonchev–Trinajstić information content (AvgIpc) is 3.03. The van der Waals surface area contributed by atoms with Gasteiger partial charge in [-0.3, -0.25) is 4.09 Å². The molecule has 5 nitrogen and oxygen atoms in total. The Balaban J connectivity index is 1.44. The highest BCUT2D eigenvalue weighted by Crippen LogP contribution is 2.40. The predicted molar refractivity (Wildman–Crippen MR) is 105 cm³/mol. The Labute approximate surface area is 157 Å². The fourth-order valence-corrected chi connectivity index (χ4v) is 4.67. The van der Waals surface area contributed by atoms with Gasteiger partial charge in [-0.2, -0.15) is 0 Å². The summed E-state index contributed by atoms with van der Waals surface area (Å²) in [5.74, 6) is 0.699. The average molecular weight is 368 g/mol. The van der Waals surface area contributed by atoms with Crippen molar-refractivity contribution in [3.8, 4) is 11.3 Å². The van der Waals surface area contributed by atoms with Crippen LogP contribution in [-0.4, -0.2) is 32.2 Å². The Morgan fingerprint density at radius 3 is 2.92 bits per heavy atom. The number of para-hydroxylation sites is 1. The zero-order chi connectivity index (χ0) is 17.6. The van der Waals surface area contributed by atoms with Crippen LogP contribution in [0.5, 0.6) is 0 Å². The number of hydrogen-bond donors (Lipinski definition) is 2. The van der Waals surface area contributed by atoms with Crippen LogP contribution in [0.15, 0.2) is 42.7 Å². The van der Waals surface area contributed by atoms with Gasteiger partial charge in [0.05, 0.1) is 11.2 Å². The van der Waals surface area contributed by atoms with E-state index in [2.05, 4.69) is 21.7 Å². The van der Waals surface area contributed by atoms with Crippen LogP contribution in [-0.2, 0) is 0 Å². The number of hydrogen-bond acceptors (Lipinski definition) is 4. The molecule has 5 rings (SSSR count). The normalized spacial score (nSPS) is 25.3. The summed E-state index contributed by atoms with van der Waals surface area (Å²) in [6.45, 7) is 1.12. The first kappa shape index (κ1) is 16.1. The summed E-state index contributed by atoms with van der Waals surface area (Å²) in [7, 11) is 0. The minimum Gasteiger partial charge on any atom is -0.350 e. The topological polar surface area (TPSA) is 54.8 Å². The maximum Gasteiger partial charge on any atom is 0.223 e. The molecule has 1 saturated heterocycles. The molecule has 0 amide bonds. The third-order valence-corrected chi connectivity index (χ3v) is 6.25. The molecule has 3 heterocycles. The summed E-state index contributed by atoms with van der Waals surface area (Å²) >= 11 is 6.33. The smallest absolute Gasteiger partial charge is 0.223 e. The largest absolute Gasteiger partial charge is 0.350 e. The van der Waals surface area contributed by atoms with Crippen LogP contribution < -0.4 is 10.6 Å². The van der Waals surface area contributed by atoms with Crippen LogP contribution in [0.3, 0.4) is 0 Å². The minimum atomic E-state index is 0.240. The summed E-state index contributed by atoms with van der Waals surface area (Å²) < 4.78 is 1.63. The van der Waals surface area contributed by atoms with E-state index in [0.717, 1.165) is 28.7 Å². The van der Waals surface area contributed by atoms with Crippen molar-refractivity contribution in [1.82, 2.24) is 19.4 Å². The summed E-state index contributed by atoms with van der Waals surface area (Å²) in [6.07, 6.45) is 9.98. The quantitative estimate of drug-likeness (QED) is 0.729. The molecular formula is C20H22ClN5. The van der Waals surface area contributed by atoms with Gasteiger partial charge in [0.2, 0.25) is 5.95 Å². The van der Waals surface area contributed by atoms with Gasteiger partial charge in [0, 0.05) is 46.7 Å². The Morgan fingerprint density at radius 2 is 2.12 bits per heavy atom. The summed E-state index contributed by atoms with van der Waals surface area (Å²) in [5, 5.41) is 8.42. The molecule has 2 N–H and O–H groups in total. The van der Waals surface area contributed by atoms with Gasteiger partial charge >= 0.3 is 0 Å². The molecule has 0 bridgehead atoms. The molecule has 1 aliphatic carbocycles. The van der Waals surface area contributed by atoms with Crippen molar-refractivity contribution in [2.75, 3.05) is 11.9 Å². The molecule has 2 atom stereocenters. The van der Waals surface area contributed by atoms with Gasteiger partial charge in [-0.1, -0.05) is 24.6 Å². The van der Waals surface area contributed by atoms with E-state index in [9.17, 15) is 0 Å². The molecule has 2 unspecified atom stereocenters. The molecule has 2 fully saturated rings. The molecule has 1 spiro atoms. The van der Waals surface area contributed by atoms with Crippen molar-refractivity contribution in [1.29, 1.82) is 0 Å². The monoisotopic (exact) mass is 367 g/mol. The van der Waals surface area contributed by atoms with E-state index in [1.807, 2.05) is 36.7 Å². The molecule has 2 aromatic heterocycles. The van der Waals surface area contributed by atoms with Crippen molar-refractivity contribution in [2.45, 2.75) is 43.7 Å². The molecule has 0 radical (unpaired) electrons. The summed E-state index contributed by atoms with van der Waals surface area (Å²) in [6, 6.07) is 10.5. The fraction of sp³-hybridized carbons (Fsp3) is 0.400. The molecule has 26 heavy (non-hydrogen) atoms. The third kappa shape index (κ3) is 2.58. The lowest BCUT2D eigenvalue weighted by atomic mass is 9.67. The van der Waals surface area contributed by atoms with Gasteiger partial charge in [-0.25, -0.2) is 9.97 Å². The second kappa shape index (κ2) is 6.25. The lowest BCUT2D eigenvalue weighted by molar-refractivity contribution is 0.121. The second-order valence-corrected chi connectivity index (χ2v) is 7.78. The molecule has 134 valence electrons. The first-order chi connectivity index (χ1) is 12.8. The predicted octanol–water partition coefficient (Wildman–Crippen LogP) is 4.19. The first-order valence-electron chi connectivity index (χ1n) is 9.36. The number of nitrogens with one attached hydrogen (secondary N) is 2. The maximum absolute atomic E-state index is 6.33. The molecule has 1 saturated carbocycles. The van der Waals surface area contributed by atoms with Gasteiger partial charge < -0.3 is 10.6 Å². The standard InChI is InChI=1S/C20H22ClN5/c21-26-13-15(14-5-1-2-6-17(14)26)16-8-12-22-19(24-16)25-18-7-10-20(18)9-3-4-11-23-20/h1-2,5-6,8,12-13,18,23H,3-4,7,9-11H2,(H,22,24,25). The van der Waals surface area contributed by atoms with E-state index in [0.29, 0.717) is 12.0 Å². The van der Waals surface area contributed by atoms with Crippen molar-refractivity contribution in [3.05, 3.63) is 42.7 Å². The van der Waals surface area contributed by atoms with E-state index >= 15 is 0 Å². The molecule has 2 aliphatic rings. The van der Waals surface area contributed by atoms with Gasteiger partial charge in [0.15, 0.2) is 0 Å². The highest BCUT2D eigenvalue weighted by Gasteiger charge is 2.47. The van der Waals surface area contributed by atoms with Crippen molar-refractivity contribution < 1.29 is 0 Å². The fourth-order valence-electron chi connectivity index (χ4n) is 4.43. The van der Waals surface area contributed by atoms with Crippen molar-refractivity contribution >= 4 is 28.6 Å². The highest BCUT2D eigenvalue weighted by atomic mass is 35.5. The maximum atomic E-state index is 6.33. The van der Waals surface area contributed by atoms with Gasteiger partial charge in [0.1, 0.15) is 0 Å². The third-order valence-electron chi connectivity index (χ3n) is 5.97. The highest BCUT2D eigenvalue weighted by molar-refractivity contribution is 6.20. The van der Waals surface area contributed by atoms with Crippen molar-refractivity contribution in [3.63, 3.8) is 0 Å². The van der Waals surface area contributed by atoms with Crippen LogP contribution in [0.1, 0.15) is 32.1 Å². The lowest BCUT2D eigenvalue weighted by Crippen LogP contribution is -2.66. The summed E-state index contributed by atoms with van der Waals surface area (Å²) in [4.78, 5) is 9.25. The number of anilines is 1. The SMILES string of the molecule is Cln1cc(-c2ccnc(NC3CCC34CCCCN4)n2)c2ccccc21. The van der Waals surface area contributed by atoms with Crippen LogP contribution in [0.25, 0.3) is 22.2 Å². The van der Waals surface area contributed by atoms with E-state index in [-0.39, 0.29) is 5.54 Å². The minimum absolute atomic E-state index is 0.240. The second-order valence-electron chi connectivity index (χ2n) is 7.41. The van der Waals surface area contributed by atoms with E-state index in [4.69, 9.17) is 16.8 Å². The number of nitrogens with zero attached hydrogens (tertiary/aromatic N) is 3. The van der Waals surface area contributed by atoms with Crippen LogP contribution in [0.2, 0.25) is 0 Å². The molecule has 3 aromatic rings. The Kier molecular flexibility index (Phi) is 3.87. The zero-order valence-corrected chi connectivity index (χ0v) is 15.3. The number of fused-ring (bicyclic) bond motifs is 1. The van der Waals surface area contributed by atoms with Crippen LogP contribution in [0.4, 0.5) is 5.95 Å². The molecule has 1 aliphatic heterocycles. The van der Waals surface area contributed by atoms with Crippen LogP contribution in [0, 0.1) is 0 Å². The number of halogens is 1.